The fourth-order valence-corrected chi connectivity index (χ4v) is 3.09. The van der Waals surface area contributed by atoms with Gasteiger partial charge in [0.2, 0.25) is 0 Å². The molecule has 0 fully saturated rings. The molecule has 0 saturated carbocycles. The SMILES string of the molecule is CC(C)c1nncc2cccnc12.CC(C)c1nncc2scnc12. The van der Waals surface area contributed by atoms with Crippen molar-refractivity contribution < 1.29 is 0 Å². The van der Waals surface area contributed by atoms with Crippen LogP contribution in [-0.2, 0) is 0 Å². The third-order valence-corrected chi connectivity index (χ3v) is 4.48. The predicted octanol–water partition coefficient (Wildman–Crippen LogP) is 4.36. The van der Waals surface area contributed by atoms with Gasteiger partial charge in [0, 0.05) is 11.6 Å². The van der Waals surface area contributed by atoms with Gasteiger partial charge in [-0.1, -0.05) is 27.7 Å². The maximum atomic E-state index is 4.30. The highest BCUT2D eigenvalue weighted by Gasteiger charge is 2.09. The molecule has 0 atom stereocenters. The first-order chi connectivity index (χ1) is 12.1. The first-order valence-corrected chi connectivity index (χ1v) is 9.07. The molecular formula is C18H20N6S. The van der Waals surface area contributed by atoms with E-state index in [0.717, 1.165) is 32.5 Å². The van der Waals surface area contributed by atoms with E-state index in [2.05, 4.69) is 58.1 Å². The van der Waals surface area contributed by atoms with E-state index >= 15 is 0 Å². The first kappa shape index (κ1) is 17.3. The molecule has 7 heteroatoms. The lowest BCUT2D eigenvalue weighted by Gasteiger charge is -2.05. The summed E-state index contributed by atoms with van der Waals surface area (Å²) >= 11 is 1.61. The summed E-state index contributed by atoms with van der Waals surface area (Å²) in [6.07, 6.45) is 5.29. The van der Waals surface area contributed by atoms with Crippen molar-refractivity contribution in [2.45, 2.75) is 39.5 Å². The van der Waals surface area contributed by atoms with Crippen LogP contribution in [-0.4, -0.2) is 30.4 Å². The third-order valence-electron chi connectivity index (χ3n) is 3.72. The topological polar surface area (TPSA) is 77.3 Å². The molecule has 25 heavy (non-hydrogen) atoms. The molecule has 0 bridgehead atoms. The molecule has 6 nitrogen and oxygen atoms in total. The molecule has 0 radical (unpaired) electrons. The maximum Gasteiger partial charge on any atom is 0.106 e. The van der Waals surface area contributed by atoms with Crippen LogP contribution in [0.4, 0.5) is 0 Å². The zero-order valence-electron chi connectivity index (χ0n) is 14.7. The molecular weight excluding hydrogens is 332 g/mol. The molecule has 4 heterocycles. The second kappa shape index (κ2) is 7.57. The molecule has 128 valence electrons. The molecule has 4 rings (SSSR count). The van der Waals surface area contributed by atoms with Crippen LogP contribution in [0.15, 0.2) is 36.2 Å². The molecule has 0 amide bonds. The lowest BCUT2D eigenvalue weighted by atomic mass is 10.1. The highest BCUT2D eigenvalue weighted by Crippen LogP contribution is 2.23. The Hall–Kier alpha value is -2.54. The monoisotopic (exact) mass is 352 g/mol. The van der Waals surface area contributed by atoms with Gasteiger partial charge in [-0.15, -0.1) is 11.3 Å². The summed E-state index contributed by atoms with van der Waals surface area (Å²) < 4.78 is 1.12. The van der Waals surface area contributed by atoms with Crippen molar-refractivity contribution in [3.8, 4) is 0 Å². The lowest BCUT2D eigenvalue weighted by molar-refractivity contribution is 0.795. The molecule has 0 aliphatic carbocycles. The van der Waals surface area contributed by atoms with Gasteiger partial charge < -0.3 is 0 Å². The van der Waals surface area contributed by atoms with Crippen LogP contribution in [0, 0.1) is 0 Å². The summed E-state index contributed by atoms with van der Waals surface area (Å²) in [4.78, 5) is 8.56. The Balaban J connectivity index is 0.000000146. The maximum absolute atomic E-state index is 4.30. The van der Waals surface area contributed by atoms with Gasteiger partial charge in [0.15, 0.2) is 0 Å². The Labute approximate surface area is 150 Å². The Bertz CT molecular complexity index is 974. The zero-order valence-corrected chi connectivity index (χ0v) is 15.5. The van der Waals surface area contributed by atoms with Crippen LogP contribution >= 0.6 is 11.3 Å². The molecule has 0 unspecified atom stereocenters. The second-order valence-corrected chi connectivity index (χ2v) is 7.16. The number of pyridine rings is 1. The van der Waals surface area contributed by atoms with Crippen molar-refractivity contribution >= 4 is 32.5 Å². The van der Waals surface area contributed by atoms with E-state index < -0.39 is 0 Å². The number of hydrogen-bond acceptors (Lipinski definition) is 7. The Kier molecular flexibility index (Phi) is 5.23. The molecule has 0 spiro atoms. The summed E-state index contributed by atoms with van der Waals surface area (Å²) in [5.41, 5.74) is 5.77. The number of rotatable bonds is 2. The summed E-state index contributed by atoms with van der Waals surface area (Å²) in [6.45, 7) is 8.39. The van der Waals surface area contributed by atoms with Crippen LogP contribution in [0.2, 0.25) is 0 Å². The van der Waals surface area contributed by atoms with Crippen LogP contribution in [0.5, 0.6) is 0 Å². The van der Waals surface area contributed by atoms with E-state index in [1.54, 1.807) is 29.9 Å². The van der Waals surface area contributed by atoms with Gasteiger partial charge in [-0.2, -0.15) is 20.4 Å². The minimum absolute atomic E-state index is 0.367. The number of nitrogens with zero attached hydrogens (tertiary/aromatic N) is 6. The van der Waals surface area contributed by atoms with Crippen LogP contribution in [0.25, 0.3) is 21.1 Å². The fourth-order valence-electron chi connectivity index (χ4n) is 2.44. The van der Waals surface area contributed by atoms with Gasteiger partial charge in [-0.05, 0) is 24.0 Å². The summed E-state index contributed by atoms with van der Waals surface area (Å²) in [7, 11) is 0. The van der Waals surface area contributed by atoms with Gasteiger partial charge in [0.25, 0.3) is 0 Å². The average molecular weight is 352 g/mol. The minimum Gasteiger partial charge on any atom is -0.254 e. The van der Waals surface area contributed by atoms with Crippen molar-refractivity contribution in [3.05, 3.63) is 47.6 Å². The van der Waals surface area contributed by atoms with E-state index in [1.807, 2.05) is 17.6 Å². The summed E-state index contributed by atoms with van der Waals surface area (Å²) in [5.74, 6) is 0.759. The van der Waals surface area contributed by atoms with Crippen molar-refractivity contribution in [2.24, 2.45) is 0 Å². The predicted molar refractivity (Wildman–Crippen MR) is 101 cm³/mol. The minimum atomic E-state index is 0.367. The smallest absolute Gasteiger partial charge is 0.106 e. The molecule has 0 aliphatic rings. The van der Waals surface area contributed by atoms with E-state index in [-0.39, 0.29) is 0 Å². The van der Waals surface area contributed by atoms with E-state index in [1.165, 1.54) is 0 Å². The molecule has 4 aromatic heterocycles. The van der Waals surface area contributed by atoms with E-state index in [9.17, 15) is 0 Å². The summed E-state index contributed by atoms with van der Waals surface area (Å²) in [6, 6.07) is 3.91. The zero-order chi connectivity index (χ0) is 17.8. The fraction of sp³-hybridized carbons (Fsp3) is 0.333. The Morgan fingerprint density at radius 1 is 0.840 bits per heavy atom. The van der Waals surface area contributed by atoms with E-state index in [4.69, 9.17) is 0 Å². The van der Waals surface area contributed by atoms with Gasteiger partial charge in [0.05, 0.1) is 39.5 Å². The highest BCUT2D eigenvalue weighted by molar-refractivity contribution is 7.16. The number of fused-ring (bicyclic) bond motifs is 2. The van der Waals surface area contributed by atoms with Crippen molar-refractivity contribution in [1.29, 1.82) is 0 Å². The first-order valence-electron chi connectivity index (χ1n) is 8.19. The molecule has 0 aromatic carbocycles. The van der Waals surface area contributed by atoms with Crippen molar-refractivity contribution in [1.82, 2.24) is 30.4 Å². The standard InChI is InChI=1S/C10H11N3.C8H9N3S/c1-7(2)9-10-8(6-12-13-9)4-3-5-11-10;1-5(2)7-8-6(3-10-11-7)12-4-9-8/h3-7H,1-2H3;3-5H,1-2H3. The lowest BCUT2D eigenvalue weighted by Crippen LogP contribution is -1.97. The quantitative estimate of drug-likeness (QED) is 0.533. The number of aromatic nitrogens is 6. The molecule has 0 N–H and O–H groups in total. The van der Waals surface area contributed by atoms with Crippen LogP contribution in [0.3, 0.4) is 0 Å². The van der Waals surface area contributed by atoms with Crippen molar-refractivity contribution in [2.75, 3.05) is 0 Å². The van der Waals surface area contributed by atoms with Gasteiger partial charge in [-0.25, -0.2) is 4.98 Å². The average Bonchev–Trinajstić information content (AvgIpc) is 3.10. The number of hydrogen-bond donors (Lipinski definition) is 0. The van der Waals surface area contributed by atoms with Gasteiger partial charge in [0.1, 0.15) is 5.52 Å². The number of thiazole rings is 1. The molecule has 0 aliphatic heterocycles. The van der Waals surface area contributed by atoms with Gasteiger partial charge in [-0.3, -0.25) is 4.98 Å². The van der Waals surface area contributed by atoms with Gasteiger partial charge >= 0.3 is 0 Å². The van der Waals surface area contributed by atoms with E-state index in [0.29, 0.717) is 11.8 Å². The normalized spacial score (nSPS) is 11.1. The molecule has 0 saturated heterocycles. The Morgan fingerprint density at radius 3 is 2.24 bits per heavy atom. The largest absolute Gasteiger partial charge is 0.254 e. The summed E-state index contributed by atoms with van der Waals surface area (Å²) in [5, 5.41) is 17.1. The third kappa shape index (κ3) is 3.76. The van der Waals surface area contributed by atoms with Crippen LogP contribution < -0.4 is 0 Å². The highest BCUT2D eigenvalue weighted by atomic mass is 32.1. The van der Waals surface area contributed by atoms with Crippen molar-refractivity contribution in [3.63, 3.8) is 0 Å². The second-order valence-electron chi connectivity index (χ2n) is 6.28. The van der Waals surface area contributed by atoms with Crippen LogP contribution in [0.1, 0.15) is 50.9 Å². The molecule has 4 aromatic rings. The Morgan fingerprint density at radius 2 is 1.52 bits per heavy atom.